The molecule has 310 valence electrons. The van der Waals surface area contributed by atoms with Gasteiger partial charge in [0.25, 0.3) is 0 Å². The SMILES string of the molecule is CC(C)(C)c1cc(N2C=CN(c3[c-]c(Oc4[c-]c5c(cc4)c4ccccc4n5-c4cc(C(C)(C)c5ccccc5)ccn4)cc(-c4ccccc4)c3)[CH-]2)cc(C(C)(C)C)c1.[Pt]. The molecule has 6 heteroatoms. The first-order valence-corrected chi connectivity index (χ1v) is 20.8. The molecule has 1 aliphatic rings. The van der Waals surface area contributed by atoms with Crippen LogP contribution >= 0.6 is 0 Å². The van der Waals surface area contributed by atoms with E-state index in [1.54, 1.807) is 0 Å². The van der Waals surface area contributed by atoms with E-state index in [1.807, 2.05) is 18.3 Å². The van der Waals surface area contributed by atoms with E-state index >= 15 is 0 Å². The van der Waals surface area contributed by atoms with Crippen molar-refractivity contribution in [2.24, 2.45) is 0 Å². The molecule has 2 aromatic heterocycles. The molecule has 0 atom stereocenters. The maximum atomic E-state index is 6.77. The van der Waals surface area contributed by atoms with E-state index in [9.17, 15) is 0 Å². The number of benzene rings is 6. The minimum atomic E-state index is -0.224. The molecule has 5 nitrogen and oxygen atoms in total. The van der Waals surface area contributed by atoms with Gasteiger partial charge < -0.3 is 19.1 Å². The predicted octanol–water partition coefficient (Wildman–Crippen LogP) is 14.1. The number of rotatable bonds is 8. The molecule has 3 heterocycles. The fourth-order valence-electron chi connectivity index (χ4n) is 8.04. The summed E-state index contributed by atoms with van der Waals surface area (Å²) in [6.45, 7) is 20.3. The van der Waals surface area contributed by atoms with Crippen LogP contribution in [-0.2, 0) is 37.3 Å². The smallest absolute Gasteiger partial charge is 0.135 e. The van der Waals surface area contributed by atoms with Crippen LogP contribution in [0, 0.1) is 18.8 Å². The molecule has 0 spiro atoms. The molecular weight excluding hydrogens is 928 g/mol. The van der Waals surface area contributed by atoms with E-state index in [-0.39, 0.29) is 37.3 Å². The molecule has 0 N–H and O–H groups in total. The molecule has 0 fully saturated rings. The normalized spacial score (nSPS) is 13.2. The Morgan fingerprint density at radius 3 is 1.90 bits per heavy atom. The van der Waals surface area contributed by atoms with Crippen molar-refractivity contribution >= 4 is 33.2 Å². The van der Waals surface area contributed by atoms with Crippen LogP contribution < -0.4 is 14.5 Å². The number of fused-ring (bicyclic) bond motifs is 3. The zero-order valence-electron chi connectivity index (χ0n) is 36.1. The number of anilines is 2. The van der Waals surface area contributed by atoms with Gasteiger partial charge in [-0.2, -0.15) is 6.07 Å². The Balaban J connectivity index is 0.00000514. The summed E-state index contributed by atoms with van der Waals surface area (Å²) in [4.78, 5) is 9.25. The van der Waals surface area contributed by atoms with E-state index in [0.717, 1.165) is 50.1 Å². The first kappa shape index (κ1) is 41.8. The maximum Gasteiger partial charge on any atom is 0.135 e. The minimum absolute atomic E-state index is 0. The molecule has 0 unspecified atom stereocenters. The molecule has 61 heavy (non-hydrogen) atoms. The van der Waals surface area contributed by atoms with E-state index in [4.69, 9.17) is 9.72 Å². The van der Waals surface area contributed by atoms with Crippen LogP contribution in [0.2, 0.25) is 0 Å². The van der Waals surface area contributed by atoms with Gasteiger partial charge in [0.1, 0.15) is 5.82 Å². The Morgan fingerprint density at radius 1 is 0.541 bits per heavy atom. The Morgan fingerprint density at radius 2 is 1.20 bits per heavy atom. The molecule has 0 amide bonds. The van der Waals surface area contributed by atoms with Gasteiger partial charge in [-0.25, -0.2) is 4.98 Å². The molecule has 1 aliphatic heterocycles. The summed E-state index contributed by atoms with van der Waals surface area (Å²) in [5.74, 6) is 2.02. The Kier molecular flexibility index (Phi) is 11.1. The fourth-order valence-corrected chi connectivity index (χ4v) is 8.04. The maximum absolute atomic E-state index is 6.77. The average Bonchev–Trinajstić information content (AvgIpc) is 3.87. The predicted molar refractivity (Wildman–Crippen MR) is 249 cm³/mol. The summed E-state index contributed by atoms with van der Waals surface area (Å²) < 4.78 is 8.97. The molecular formula is C55H51N4OPt-3. The van der Waals surface area contributed by atoms with E-state index in [2.05, 4.69) is 228 Å². The monoisotopic (exact) mass is 978 g/mol. The third-order valence-electron chi connectivity index (χ3n) is 11.8. The molecule has 0 saturated heterocycles. The summed E-state index contributed by atoms with van der Waals surface area (Å²) in [5, 5.41) is 2.21. The summed E-state index contributed by atoms with van der Waals surface area (Å²) in [6, 6.07) is 56.5. The topological polar surface area (TPSA) is 33.5 Å². The summed E-state index contributed by atoms with van der Waals surface area (Å²) >= 11 is 0. The first-order chi connectivity index (χ1) is 28.7. The third-order valence-corrected chi connectivity index (χ3v) is 11.8. The molecule has 9 rings (SSSR count). The summed E-state index contributed by atoms with van der Waals surface area (Å²) in [5.41, 5.74) is 10.9. The van der Waals surface area contributed by atoms with Gasteiger partial charge in [0, 0.05) is 55.4 Å². The number of aromatic nitrogens is 2. The number of ether oxygens (including phenoxy) is 1. The number of pyridine rings is 1. The second-order valence-electron chi connectivity index (χ2n) is 18.4. The standard InChI is InChI=1S/C55H51N4O.Pt/c1-53(2,3)42-31-43(54(4,5)6)33-45(32-42)58-28-27-57(37-58)44-29-39(38-17-11-9-12-18-38)30-47(35-44)60-46-23-24-49-48-21-15-16-22-50(48)59(51(49)36-46)52-34-41(25-26-56-52)55(7,8)40-19-13-10-14-20-40;/h9-34,37H,1-8H3;/q-3;. The van der Waals surface area contributed by atoms with Crippen molar-refractivity contribution in [1.29, 1.82) is 0 Å². The van der Waals surface area contributed by atoms with Crippen LogP contribution in [0.4, 0.5) is 11.4 Å². The largest absolute Gasteiger partial charge is 0.509 e. The van der Waals surface area contributed by atoms with Crippen molar-refractivity contribution in [2.45, 2.75) is 71.6 Å². The second-order valence-corrected chi connectivity index (χ2v) is 18.4. The van der Waals surface area contributed by atoms with Crippen LogP contribution in [0.25, 0.3) is 38.8 Å². The number of nitrogens with zero attached hydrogens (tertiary/aromatic N) is 4. The molecule has 8 aromatic rings. The van der Waals surface area contributed by atoms with Crippen molar-refractivity contribution in [3.05, 3.63) is 199 Å². The summed E-state index contributed by atoms with van der Waals surface area (Å²) in [7, 11) is 0. The van der Waals surface area contributed by atoms with Crippen molar-refractivity contribution in [2.75, 3.05) is 9.80 Å². The van der Waals surface area contributed by atoms with Gasteiger partial charge in [0.05, 0.1) is 0 Å². The molecule has 6 aromatic carbocycles. The molecule has 0 saturated carbocycles. The van der Waals surface area contributed by atoms with Crippen LogP contribution in [0.1, 0.15) is 77.6 Å². The Bertz CT molecular complexity index is 2850. The molecule has 0 aliphatic carbocycles. The van der Waals surface area contributed by atoms with Gasteiger partial charge in [-0.15, -0.1) is 53.6 Å². The Labute approximate surface area is 375 Å². The van der Waals surface area contributed by atoms with Crippen molar-refractivity contribution in [1.82, 2.24) is 9.55 Å². The minimum Gasteiger partial charge on any atom is -0.509 e. The van der Waals surface area contributed by atoms with E-state index in [0.29, 0.717) is 11.5 Å². The number of hydrogen-bond donors (Lipinski definition) is 0. The van der Waals surface area contributed by atoms with Gasteiger partial charge in [-0.3, -0.25) is 0 Å². The van der Waals surface area contributed by atoms with Crippen molar-refractivity contribution < 1.29 is 25.8 Å². The van der Waals surface area contributed by atoms with Crippen molar-refractivity contribution in [3.63, 3.8) is 0 Å². The summed E-state index contributed by atoms with van der Waals surface area (Å²) in [6.07, 6.45) is 6.11. The number of para-hydroxylation sites is 1. The van der Waals surface area contributed by atoms with E-state index in [1.165, 1.54) is 22.3 Å². The van der Waals surface area contributed by atoms with Crippen LogP contribution in [0.5, 0.6) is 11.5 Å². The van der Waals surface area contributed by atoms with Gasteiger partial charge in [0.2, 0.25) is 0 Å². The van der Waals surface area contributed by atoms with Gasteiger partial charge in [-0.1, -0.05) is 146 Å². The van der Waals surface area contributed by atoms with Crippen LogP contribution in [-0.4, -0.2) is 9.55 Å². The van der Waals surface area contributed by atoms with Gasteiger partial charge in [0.15, 0.2) is 0 Å². The van der Waals surface area contributed by atoms with Gasteiger partial charge in [-0.05, 0) is 86.8 Å². The van der Waals surface area contributed by atoms with Gasteiger partial charge >= 0.3 is 0 Å². The van der Waals surface area contributed by atoms with Crippen LogP contribution in [0.15, 0.2) is 158 Å². The average molecular weight is 979 g/mol. The van der Waals surface area contributed by atoms with Crippen LogP contribution in [0.3, 0.4) is 0 Å². The first-order valence-electron chi connectivity index (χ1n) is 20.8. The number of hydrogen-bond acceptors (Lipinski definition) is 4. The molecule has 0 radical (unpaired) electrons. The van der Waals surface area contributed by atoms with Crippen molar-refractivity contribution in [3.8, 4) is 28.4 Å². The zero-order chi connectivity index (χ0) is 41.8. The second kappa shape index (κ2) is 16.2. The molecule has 0 bridgehead atoms. The Hall–Kier alpha value is -5.90. The van der Waals surface area contributed by atoms with E-state index < -0.39 is 0 Å². The fraction of sp³-hybridized carbons (Fsp3) is 0.200. The zero-order valence-corrected chi connectivity index (χ0v) is 38.4. The quantitative estimate of drug-likeness (QED) is 0.142. The third kappa shape index (κ3) is 8.29.